The van der Waals surface area contributed by atoms with Crippen molar-refractivity contribution in [2.75, 3.05) is 0 Å². The zero-order valence-corrected chi connectivity index (χ0v) is 36.7. The van der Waals surface area contributed by atoms with E-state index in [9.17, 15) is 0 Å². The predicted octanol–water partition coefficient (Wildman–Crippen LogP) is 15.4. The van der Waals surface area contributed by atoms with Crippen molar-refractivity contribution in [1.82, 2.24) is 9.97 Å². The first-order chi connectivity index (χ1) is 31.4. The Hall–Kier alpha value is -5.41. The number of aryl methyl sites for hydroxylation is 3. The van der Waals surface area contributed by atoms with Crippen molar-refractivity contribution in [2.24, 2.45) is 0 Å². The summed E-state index contributed by atoms with van der Waals surface area (Å²) in [6.07, 6.45) is 3.28. The first kappa shape index (κ1) is 31.5. The summed E-state index contributed by atoms with van der Waals surface area (Å²) in [6, 6.07) is 40.7. The van der Waals surface area contributed by atoms with E-state index in [2.05, 4.69) is 101 Å². The number of nitrogens with zero attached hydrogens (tertiary/aromatic N) is 2. The van der Waals surface area contributed by atoms with Crippen molar-refractivity contribution in [3.63, 3.8) is 0 Å². The molecule has 0 atom stereocenters. The summed E-state index contributed by atoms with van der Waals surface area (Å²) in [5.41, 5.74) is 8.89. The molecule has 0 bridgehead atoms. The van der Waals surface area contributed by atoms with Crippen molar-refractivity contribution in [1.29, 1.82) is 0 Å². The molecule has 0 aliphatic heterocycles. The average molecular weight is 958 g/mol. The summed E-state index contributed by atoms with van der Waals surface area (Å²) in [7, 11) is 0. The number of hydrogen-bond acceptors (Lipinski definition) is 3. The zero-order valence-electron chi connectivity index (χ0n) is 43.3. The molecular formula is C55H52IrN2O-2. The van der Waals surface area contributed by atoms with E-state index in [0.29, 0.717) is 50.2 Å². The number of hydrogen-bond donors (Lipinski definition) is 0. The van der Waals surface area contributed by atoms with Gasteiger partial charge < -0.3 is 14.4 Å². The molecule has 1 radical (unpaired) electrons. The van der Waals surface area contributed by atoms with Crippen molar-refractivity contribution in [3.8, 4) is 33.6 Å². The fourth-order valence-electron chi connectivity index (χ4n) is 7.57. The second kappa shape index (κ2) is 16.7. The SMILES string of the molecule is [2H]C([2H])([2H])c1c[c-]c(-c2ccc(C(C)(C)C)cn2)cc1.[2H]C([2H])([2H])c1cnc(-c2[c-]cc(C([2H])([2H])[2H])c3c2oc2cc4c(ccc5ccccc54)cc23)cc1-c1ccc(C(C)C)cc1C(C)C.[Ir]. The molecule has 0 fully saturated rings. The molecule has 59 heavy (non-hydrogen) atoms. The van der Waals surface area contributed by atoms with Crippen LogP contribution in [0.15, 0.2) is 126 Å². The van der Waals surface area contributed by atoms with Gasteiger partial charge in [-0.2, -0.15) is 0 Å². The second-order valence-electron chi connectivity index (χ2n) is 16.7. The van der Waals surface area contributed by atoms with Crippen LogP contribution in [0.1, 0.15) is 106 Å². The molecule has 9 rings (SSSR count). The standard InChI is InChI=1S/C39H34NO.C16H18N.Ir/c1-22(2)27-14-16-30(32(17-27)23(3)4)33-19-36(40-21-25(33)6)31-15-11-24(5)38-35-18-28-13-12-26-9-7-8-10-29(26)34(28)20-37(35)41-39(31)38;1-12-5-7-13(8-6-12)15-10-9-14(11-17-15)16(2,3)4;/h7-14,16-23H,1-6H3;5-7,9-11H,1-4H3;/q2*-1;/i5D3,6D3;1D3;. The first-order valence-corrected chi connectivity index (χ1v) is 19.8. The fourth-order valence-corrected chi connectivity index (χ4v) is 7.57. The van der Waals surface area contributed by atoms with Gasteiger partial charge in [-0.1, -0.05) is 146 Å². The maximum absolute atomic E-state index is 8.36. The number of furan rings is 1. The van der Waals surface area contributed by atoms with Crippen LogP contribution in [0.4, 0.5) is 0 Å². The van der Waals surface area contributed by atoms with Crippen LogP contribution < -0.4 is 0 Å². The Morgan fingerprint density at radius 3 is 2.14 bits per heavy atom. The molecule has 0 saturated carbocycles. The molecule has 0 unspecified atom stereocenters. The zero-order chi connectivity index (χ0) is 48.4. The van der Waals surface area contributed by atoms with E-state index in [1.165, 1.54) is 29.5 Å². The number of aromatic nitrogens is 2. The molecule has 299 valence electrons. The van der Waals surface area contributed by atoms with Crippen LogP contribution in [-0.2, 0) is 25.5 Å². The van der Waals surface area contributed by atoms with Gasteiger partial charge in [0.25, 0.3) is 0 Å². The van der Waals surface area contributed by atoms with Gasteiger partial charge in [0.05, 0.1) is 5.58 Å². The minimum Gasteiger partial charge on any atom is -0.501 e. The van der Waals surface area contributed by atoms with Gasteiger partial charge in [-0.05, 0) is 103 Å². The maximum atomic E-state index is 8.36. The molecule has 4 heteroatoms. The quantitative estimate of drug-likeness (QED) is 0.127. The van der Waals surface area contributed by atoms with Crippen LogP contribution in [-0.4, -0.2) is 9.97 Å². The third kappa shape index (κ3) is 8.27. The Labute approximate surface area is 375 Å². The summed E-state index contributed by atoms with van der Waals surface area (Å²) in [5.74, 6) is 0.459. The van der Waals surface area contributed by atoms with Gasteiger partial charge in [-0.3, -0.25) is 0 Å². The summed E-state index contributed by atoms with van der Waals surface area (Å²) in [4.78, 5) is 9.07. The molecule has 0 amide bonds. The Morgan fingerprint density at radius 2 is 1.44 bits per heavy atom. The number of rotatable bonds is 5. The van der Waals surface area contributed by atoms with Crippen molar-refractivity contribution < 1.29 is 36.9 Å². The van der Waals surface area contributed by atoms with Gasteiger partial charge in [0.2, 0.25) is 0 Å². The summed E-state index contributed by atoms with van der Waals surface area (Å²) < 4.78 is 78.7. The van der Waals surface area contributed by atoms with Crippen LogP contribution in [0.3, 0.4) is 0 Å². The number of pyridine rings is 2. The topological polar surface area (TPSA) is 38.9 Å². The molecule has 0 spiro atoms. The van der Waals surface area contributed by atoms with Crippen LogP contribution in [0.2, 0.25) is 0 Å². The normalized spacial score (nSPS) is 14.6. The van der Waals surface area contributed by atoms with E-state index in [1.807, 2.05) is 54.7 Å². The van der Waals surface area contributed by atoms with Crippen molar-refractivity contribution >= 4 is 43.5 Å². The second-order valence-corrected chi connectivity index (χ2v) is 16.7. The molecule has 3 nitrogen and oxygen atoms in total. The Balaban J connectivity index is 0.000000274. The third-order valence-electron chi connectivity index (χ3n) is 10.9. The van der Waals surface area contributed by atoms with Crippen molar-refractivity contribution in [2.45, 2.75) is 86.3 Å². The van der Waals surface area contributed by atoms with E-state index in [-0.39, 0.29) is 42.6 Å². The summed E-state index contributed by atoms with van der Waals surface area (Å²) in [6.45, 7) is 8.00. The van der Waals surface area contributed by atoms with Crippen molar-refractivity contribution in [3.05, 3.63) is 167 Å². The van der Waals surface area contributed by atoms with Gasteiger partial charge in [0.15, 0.2) is 0 Å². The first-order valence-electron chi connectivity index (χ1n) is 24.3. The van der Waals surface area contributed by atoms with Gasteiger partial charge in [0.1, 0.15) is 5.58 Å². The Morgan fingerprint density at radius 1 is 0.644 bits per heavy atom. The minimum atomic E-state index is -2.42. The number of fused-ring (bicyclic) bond motifs is 6. The molecule has 0 saturated heterocycles. The van der Waals surface area contributed by atoms with Crippen LogP contribution in [0.5, 0.6) is 0 Å². The molecule has 3 heterocycles. The largest absolute Gasteiger partial charge is 0.501 e. The molecule has 6 aromatic carbocycles. The van der Waals surface area contributed by atoms with E-state index in [1.54, 1.807) is 18.2 Å². The van der Waals surface area contributed by atoms with E-state index < -0.39 is 20.6 Å². The fraction of sp³-hybridized carbons (Fsp3) is 0.236. The van der Waals surface area contributed by atoms with E-state index in [4.69, 9.17) is 16.8 Å². The summed E-state index contributed by atoms with van der Waals surface area (Å²) in [5, 5.41) is 5.32. The van der Waals surface area contributed by atoms with Gasteiger partial charge >= 0.3 is 0 Å². The molecular weight excluding hydrogens is 897 g/mol. The molecule has 3 aromatic heterocycles. The third-order valence-corrected chi connectivity index (χ3v) is 10.9. The van der Waals surface area contributed by atoms with E-state index >= 15 is 0 Å². The number of benzene rings is 6. The van der Waals surface area contributed by atoms with E-state index in [0.717, 1.165) is 43.9 Å². The minimum absolute atomic E-state index is 0. The average Bonchev–Trinajstić information content (AvgIpc) is 3.65. The molecule has 9 aromatic rings. The molecule has 0 aliphatic rings. The van der Waals surface area contributed by atoms with Gasteiger partial charge in [0, 0.05) is 50.2 Å². The van der Waals surface area contributed by atoms with Crippen LogP contribution >= 0.6 is 0 Å². The monoisotopic (exact) mass is 958 g/mol. The summed E-state index contributed by atoms with van der Waals surface area (Å²) >= 11 is 0. The van der Waals surface area contributed by atoms with Gasteiger partial charge in [-0.15, -0.1) is 53.1 Å². The predicted molar refractivity (Wildman–Crippen MR) is 246 cm³/mol. The molecule has 0 N–H and O–H groups in total. The maximum Gasteiger partial charge on any atom is 0.121 e. The molecule has 0 aliphatic carbocycles. The van der Waals surface area contributed by atoms with Gasteiger partial charge in [-0.25, -0.2) is 0 Å². The van der Waals surface area contributed by atoms with Crippen LogP contribution in [0.25, 0.3) is 77.1 Å². The Bertz CT molecular complexity index is 3230. The van der Waals surface area contributed by atoms with Crippen LogP contribution in [0, 0.1) is 32.7 Å². The smallest absolute Gasteiger partial charge is 0.121 e. The Kier molecular flexibility index (Phi) is 8.91.